The van der Waals surface area contributed by atoms with Crippen molar-refractivity contribution in [2.75, 3.05) is 6.61 Å². The fraction of sp³-hybridized carbons (Fsp3) is 0.706. The Morgan fingerprint density at radius 1 is 1.33 bits per heavy atom. The number of ether oxygens (including phenoxy) is 1. The zero-order valence-electron chi connectivity index (χ0n) is 13.0. The van der Waals surface area contributed by atoms with Gasteiger partial charge in [-0.25, -0.2) is 0 Å². The molecule has 0 bridgehead atoms. The van der Waals surface area contributed by atoms with Crippen molar-refractivity contribution in [3.8, 4) is 0 Å². The molecule has 4 heteroatoms. The Bertz CT molecular complexity index is 465. The van der Waals surface area contributed by atoms with Crippen LogP contribution >= 0.6 is 0 Å². The molecule has 0 aromatic carbocycles. The van der Waals surface area contributed by atoms with Crippen molar-refractivity contribution >= 4 is 0 Å². The monoisotopic (exact) mass is 289 g/mol. The number of nitrogens with two attached hydrogens (primary N) is 1. The van der Waals surface area contributed by atoms with Gasteiger partial charge < -0.3 is 4.74 Å². The summed E-state index contributed by atoms with van der Waals surface area (Å²) in [6.07, 6.45) is 12.4. The maximum atomic E-state index is 6.21. The van der Waals surface area contributed by atoms with Crippen LogP contribution in [0.15, 0.2) is 18.5 Å². The molecular formula is C17H27N3O. The Morgan fingerprint density at radius 2 is 2.14 bits per heavy atom. The summed E-state index contributed by atoms with van der Waals surface area (Å²) in [6, 6.07) is 2.38. The van der Waals surface area contributed by atoms with Crippen molar-refractivity contribution < 1.29 is 4.74 Å². The van der Waals surface area contributed by atoms with Crippen LogP contribution in [0.3, 0.4) is 0 Å². The van der Waals surface area contributed by atoms with Crippen molar-refractivity contribution in [2.45, 2.75) is 63.5 Å². The first-order valence-corrected chi connectivity index (χ1v) is 8.24. The summed E-state index contributed by atoms with van der Waals surface area (Å²) in [5, 5.41) is 0. The second-order valence-corrected chi connectivity index (χ2v) is 6.78. The van der Waals surface area contributed by atoms with Crippen LogP contribution in [0.5, 0.6) is 0 Å². The van der Waals surface area contributed by atoms with Gasteiger partial charge in [-0.2, -0.15) is 0 Å². The third kappa shape index (κ3) is 3.28. The molecule has 1 aliphatic heterocycles. The van der Waals surface area contributed by atoms with Crippen LogP contribution in [0.2, 0.25) is 0 Å². The molecule has 1 aromatic heterocycles. The van der Waals surface area contributed by atoms with Gasteiger partial charge in [0.1, 0.15) is 0 Å². The molecule has 2 atom stereocenters. The molecule has 2 aliphatic rings. The minimum Gasteiger partial charge on any atom is -0.375 e. The molecule has 3 N–H and O–H groups in total. The molecule has 2 heterocycles. The third-order valence-electron chi connectivity index (χ3n) is 5.20. The fourth-order valence-corrected chi connectivity index (χ4v) is 4.15. The lowest BCUT2D eigenvalue weighted by Gasteiger charge is -2.45. The molecule has 21 heavy (non-hydrogen) atoms. The van der Waals surface area contributed by atoms with Gasteiger partial charge in [0.15, 0.2) is 0 Å². The quantitative estimate of drug-likeness (QED) is 0.663. The first-order valence-electron chi connectivity index (χ1n) is 8.24. The van der Waals surface area contributed by atoms with Crippen molar-refractivity contribution in [2.24, 2.45) is 11.8 Å². The SMILES string of the molecule is Cc1cncc(C(NN)C2CCOC3(CCCCC3)C2)c1. The van der Waals surface area contributed by atoms with Gasteiger partial charge in [0, 0.05) is 19.0 Å². The standard InChI is InChI=1S/C17H27N3O/c1-13-9-15(12-19-11-13)16(20-18)14-5-8-21-17(10-14)6-3-2-4-7-17/h9,11-12,14,16,20H,2-8,10,18H2,1H3. The number of hydrogen-bond donors (Lipinski definition) is 2. The van der Waals surface area contributed by atoms with Gasteiger partial charge >= 0.3 is 0 Å². The molecule has 116 valence electrons. The minimum atomic E-state index is 0.119. The highest BCUT2D eigenvalue weighted by Crippen LogP contribution is 2.44. The molecule has 1 saturated carbocycles. The summed E-state index contributed by atoms with van der Waals surface area (Å²) in [6.45, 7) is 2.94. The first-order chi connectivity index (χ1) is 10.2. The maximum Gasteiger partial charge on any atom is 0.0686 e. The van der Waals surface area contributed by atoms with Gasteiger partial charge in [-0.05, 0) is 49.7 Å². The van der Waals surface area contributed by atoms with E-state index in [1.54, 1.807) is 0 Å². The Balaban J connectivity index is 1.77. The molecule has 2 unspecified atom stereocenters. The number of aryl methyl sites for hydroxylation is 1. The summed E-state index contributed by atoms with van der Waals surface area (Å²) < 4.78 is 6.21. The number of hydrazine groups is 1. The Kier molecular flexibility index (Phi) is 4.57. The third-order valence-corrected chi connectivity index (χ3v) is 5.20. The molecule has 2 fully saturated rings. The van der Waals surface area contributed by atoms with Gasteiger partial charge in [-0.3, -0.25) is 16.3 Å². The lowest BCUT2D eigenvalue weighted by Crippen LogP contribution is -2.46. The predicted octanol–water partition coefficient (Wildman–Crippen LogP) is 3.02. The van der Waals surface area contributed by atoms with E-state index in [1.165, 1.54) is 43.2 Å². The van der Waals surface area contributed by atoms with Gasteiger partial charge in [-0.1, -0.05) is 25.3 Å². The Labute approximate surface area is 127 Å². The minimum absolute atomic E-state index is 0.119. The maximum absolute atomic E-state index is 6.21. The van der Waals surface area contributed by atoms with Crippen molar-refractivity contribution in [3.05, 3.63) is 29.6 Å². The zero-order valence-corrected chi connectivity index (χ0v) is 13.0. The lowest BCUT2D eigenvalue weighted by molar-refractivity contribution is -0.122. The van der Waals surface area contributed by atoms with Gasteiger partial charge in [0.05, 0.1) is 11.6 Å². The van der Waals surface area contributed by atoms with Crippen molar-refractivity contribution in [3.63, 3.8) is 0 Å². The van der Waals surface area contributed by atoms with E-state index < -0.39 is 0 Å². The van der Waals surface area contributed by atoms with Crippen molar-refractivity contribution in [1.82, 2.24) is 10.4 Å². The summed E-state index contributed by atoms with van der Waals surface area (Å²) in [5.74, 6) is 6.42. The number of rotatable bonds is 3. The number of nitrogens with one attached hydrogen (secondary N) is 1. The molecule has 0 radical (unpaired) electrons. The van der Waals surface area contributed by atoms with Crippen LogP contribution in [0.4, 0.5) is 0 Å². The highest BCUT2D eigenvalue weighted by atomic mass is 16.5. The molecule has 1 spiro atoms. The molecule has 0 amide bonds. The normalized spacial score (nSPS) is 26.7. The number of hydrogen-bond acceptors (Lipinski definition) is 4. The van der Waals surface area contributed by atoms with Gasteiger partial charge in [0.2, 0.25) is 0 Å². The van der Waals surface area contributed by atoms with Crippen LogP contribution in [-0.2, 0) is 4.74 Å². The zero-order chi connectivity index (χ0) is 14.7. The molecule has 4 nitrogen and oxygen atoms in total. The molecular weight excluding hydrogens is 262 g/mol. The summed E-state index contributed by atoms with van der Waals surface area (Å²) in [5.41, 5.74) is 5.55. The molecule has 3 rings (SSSR count). The van der Waals surface area contributed by atoms with Crippen LogP contribution in [0, 0.1) is 12.8 Å². The van der Waals surface area contributed by atoms with Crippen LogP contribution in [-0.4, -0.2) is 17.2 Å². The Hall–Kier alpha value is -0.970. The summed E-state index contributed by atoms with van der Waals surface area (Å²) in [4.78, 5) is 4.33. The van der Waals surface area contributed by atoms with E-state index in [0.29, 0.717) is 5.92 Å². The second-order valence-electron chi connectivity index (χ2n) is 6.78. The Morgan fingerprint density at radius 3 is 2.86 bits per heavy atom. The molecule has 1 saturated heterocycles. The first kappa shape index (κ1) is 14.9. The van der Waals surface area contributed by atoms with Gasteiger partial charge in [-0.15, -0.1) is 0 Å². The fourth-order valence-electron chi connectivity index (χ4n) is 4.15. The molecule has 1 aromatic rings. The predicted molar refractivity (Wildman–Crippen MR) is 83.5 cm³/mol. The van der Waals surface area contributed by atoms with E-state index in [2.05, 4.69) is 23.4 Å². The largest absolute Gasteiger partial charge is 0.375 e. The van der Waals surface area contributed by atoms with E-state index in [-0.39, 0.29) is 11.6 Å². The van der Waals surface area contributed by atoms with E-state index >= 15 is 0 Å². The lowest BCUT2D eigenvalue weighted by atomic mass is 9.73. The number of aromatic nitrogens is 1. The highest BCUT2D eigenvalue weighted by molar-refractivity contribution is 5.21. The van der Waals surface area contributed by atoms with Crippen LogP contribution in [0.1, 0.15) is 62.1 Å². The molecule has 1 aliphatic carbocycles. The number of nitrogens with zero attached hydrogens (tertiary/aromatic N) is 1. The van der Waals surface area contributed by atoms with Crippen LogP contribution in [0.25, 0.3) is 0 Å². The second kappa shape index (κ2) is 6.42. The van der Waals surface area contributed by atoms with E-state index in [9.17, 15) is 0 Å². The van der Waals surface area contributed by atoms with E-state index in [4.69, 9.17) is 10.6 Å². The summed E-state index contributed by atoms with van der Waals surface area (Å²) >= 11 is 0. The number of pyridine rings is 1. The van der Waals surface area contributed by atoms with Crippen LogP contribution < -0.4 is 11.3 Å². The smallest absolute Gasteiger partial charge is 0.0686 e. The van der Waals surface area contributed by atoms with E-state index in [0.717, 1.165) is 19.4 Å². The van der Waals surface area contributed by atoms with Crippen molar-refractivity contribution in [1.29, 1.82) is 0 Å². The average molecular weight is 289 g/mol. The average Bonchev–Trinajstić information content (AvgIpc) is 2.49. The highest BCUT2D eigenvalue weighted by Gasteiger charge is 2.40. The van der Waals surface area contributed by atoms with Gasteiger partial charge in [0.25, 0.3) is 0 Å². The summed E-state index contributed by atoms with van der Waals surface area (Å²) in [7, 11) is 0. The topological polar surface area (TPSA) is 60.2 Å². The van der Waals surface area contributed by atoms with E-state index in [1.807, 2.05) is 12.4 Å².